The van der Waals surface area contributed by atoms with Crippen molar-refractivity contribution in [1.29, 1.82) is 0 Å². The quantitative estimate of drug-likeness (QED) is 0.217. The van der Waals surface area contributed by atoms with Crippen LogP contribution < -0.4 is 10.6 Å². The maximum atomic E-state index is 13.4. The first-order valence-electron chi connectivity index (χ1n) is 12.7. The molecule has 7 rings (SSSR count). The summed E-state index contributed by atoms with van der Waals surface area (Å²) in [4.78, 5) is 26.7. The summed E-state index contributed by atoms with van der Waals surface area (Å²) in [5, 5.41) is 9.88. The molecule has 2 aromatic heterocycles. The molecule has 1 aliphatic rings. The number of ketones is 2. The van der Waals surface area contributed by atoms with E-state index in [1.165, 1.54) is 0 Å². The van der Waals surface area contributed by atoms with E-state index in [2.05, 4.69) is 44.0 Å². The van der Waals surface area contributed by atoms with Gasteiger partial charge in [0.15, 0.2) is 0 Å². The number of benzene rings is 4. The van der Waals surface area contributed by atoms with E-state index in [1.54, 1.807) is 0 Å². The fourth-order valence-corrected chi connectivity index (χ4v) is 6.10. The monoisotopic (exact) mass is 564 g/mol. The molecule has 0 radical (unpaired) electrons. The van der Waals surface area contributed by atoms with Crippen LogP contribution in [0, 0.1) is 0 Å². The normalized spacial score (nSPS) is 14.4. The molecule has 1 aliphatic carbocycles. The number of para-hydroxylation sites is 2. The SMILES string of the molecule is Cn1c2ccccc2c2cc(NC3=C(Cl)C(=O)C(Nc4ccc5c(c4)c4ccccc4n5C)=C(Cl)C3=O)ccc21. The summed E-state index contributed by atoms with van der Waals surface area (Å²) in [6, 6.07) is 27.7. The topological polar surface area (TPSA) is 68.1 Å². The number of nitrogens with one attached hydrogen (secondary N) is 2. The van der Waals surface area contributed by atoms with E-state index >= 15 is 0 Å². The van der Waals surface area contributed by atoms with Gasteiger partial charge in [-0.1, -0.05) is 59.6 Å². The van der Waals surface area contributed by atoms with E-state index in [0.29, 0.717) is 11.4 Å². The van der Waals surface area contributed by atoms with Crippen molar-refractivity contribution in [3.8, 4) is 0 Å². The van der Waals surface area contributed by atoms with Crippen LogP contribution in [0.15, 0.2) is 106 Å². The van der Waals surface area contributed by atoms with Crippen LogP contribution >= 0.6 is 23.2 Å². The predicted molar refractivity (Wildman–Crippen MR) is 164 cm³/mol. The Hall–Kier alpha value is -4.52. The zero-order valence-corrected chi connectivity index (χ0v) is 23.1. The molecule has 40 heavy (non-hydrogen) atoms. The number of aryl methyl sites for hydroxylation is 2. The van der Waals surface area contributed by atoms with Crippen molar-refractivity contribution in [2.45, 2.75) is 0 Å². The van der Waals surface area contributed by atoms with Crippen LogP contribution in [0.1, 0.15) is 0 Å². The Bertz CT molecular complexity index is 2000. The second-order valence-corrected chi connectivity index (χ2v) is 10.7. The average Bonchev–Trinajstić information content (AvgIpc) is 3.43. The van der Waals surface area contributed by atoms with E-state index in [-0.39, 0.29) is 21.5 Å². The number of halogens is 2. The van der Waals surface area contributed by atoms with Crippen molar-refractivity contribution in [1.82, 2.24) is 9.13 Å². The summed E-state index contributed by atoms with van der Waals surface area (Å²) in [5.41, 5.74) is 5.44. The number of hydrogen-bond donors (Lipinski definition) is 2. The maximum absolute atomic E-state index is 13.4. The third kappa shape index (κ3) is 3.57. The molecule has 0 saturated heterocycles. The van der Waals surface area contributed by atoms with Gasteiger partial charge in [-0.15, -0.1) is 0 Å². The largest absolute Gasteiger partial charge is 0.351 e. The molecule has 0 saturated carbocycles. The van der Waals surface area contributed by atoms with Crippen LogP contribution in [0.4, 0.5) is 11.4 Å². The Kier molecular flexibility index (Phi) is 5.52. The number of allylic oxidation sites excluding steroid dienone is 2. The van der Waals surface area contributed by atoms with Gasteiger partial charge in [-0.25, -0.2) is 0 Å². The summed E-state index contributed by atoms with van der Waals surface area (Å²) in [6.07, 6.45) is 0. The second kappa shape index (κ2) is 9.01. The Balaban J connectivity index is 1.22. The van der Waals surface area contributed by atoms with Crippen LogP contribution in [-0.4, -0.2) is 20.7 Å². The highest BCUT2D eigenvalue weighted by molar-refractivity contribution is 6.56. The molecule has 0 spiro atoms. The first kappa shape index (κ1) is 24.5. The molecule has 6 nitrogen and oxygen atoms in total. The zero-order chi connectivity index (χ0) is 27.7. The zero-order valence-electron chi connectivity index (χ0n) is 21.5. The van der Waals surface area contributed by atoms with Crippen LogP contribution in [-0.2, 0) is 23.7 Å². The Morgan fingerprint density at radius 2 is 0.900 bits per heavy atom. The summed E-state index contributed by atoms with van der Waals surface area (Å²) in [7, 11) is 4.02. The van der Waals surface area contributed by atoms with E-state index in [9.17, 15) is 9.59 Å². The fourth-order valence-electron chi connectivity index (χ4n) is 5.65. The van der Waals surface area contributed by atoms with Crippen LogP contribution in [0.5, 0.6) is 0 Å². The van der Waals surface area contributed by atoms with Crippen LogP contribution in [0.2, 0.25) is 0 Å². The minimum absolute atomic E-state index is 0.0497. The molecule has 0 unspecified atom stereocenters. The van der Waals surface area contributed by atoms with Crippen molar-refractivity contribution in [3.05, 3.63) is 106 Å². The molecule has 2 N–H and O–H groups in total. The number of rotatable bonds is 4. The van der Waals surface area contributed by atoms with Gasteiger partial charge in [-0.2, -0.15) is 0 Å². The standard InChI is InChI=1S/C32H22Cl2N4O2/c1-37-23-9-5-3-7-19(23)21-15-17(11-13-25(21)37)35-29-27(33)32(40)30(28(34)31(29)39)36-18-12-14-26-22(16-18)20-8-4-6-10-24(20)38(26)2/h3-16,35-36H,1-2H3. The number of fused-ring (bicyclic) bond motifs is 6. The van der Waals surface area contributed by atoms with Gasteiger partial charge in [-0.05, 0) is 48.5 Å². The van der Waals surface area contributed by atoms with Gasteiger partial charge in [0.25, 0.3) is 0 Å². The van der Waals surface area contributed by atoms with Crippen molar-refractivity contribution in [2.75, 3.05) is 10.6 Å². The molecule has 0 aliphatic heterocycles. The first-order chi connectivity index (χ1) is 19.3. The van der Waals surface area contributed by atoms with Crippen molar-refractivity contribution in [2.24, 2.45) is 14.1 Å². The number of carbonyl (C=O) groups is 2. The van der Waals surface area contributed by atoms with Gasteiger partial charge >= 0.3 is 0 Å². The fraction of sp³-hybridized carbons (Fsp3) is 0.0625. The molecular formula is C32H22Cl2N4O2. The lowest BCUT2D eigenvalue weighted by molar-refractivity contribution is -0.115. The van der Waals surface area contributed by atoms with Gasteiger partial charge < -0.3 is 19.8 Å². The van der Waals surface area contributed by atoms with Crippen molar-refractivity contribution in [3.63, 3.8) is 0 Å². The second-order valence-electron chi connectivity index (χ2n) is 9.90. The van der Waals surface area contributed by atoms with Crippen LogP contribution in [0.25, 0.3) is 43.6 Å². The Morgan fingerprint density at radius 3 is 1.32 bits per heavy atom. The van der Waals surface area contributed by atoms with Crippen molar-refractivity contribution < 1.29 is 9.59 Å². The van der Waals surface area contributed by atoms with Crippen molar-refractivity contribution >= 4 is 89.8 Å². The number of hydrogen-bond acceptors (Lipinski definition) is 4. The van der Waals surface area contributed by atoms with E-state index in [4.69, 9.17) is 23.2 Å². The molecule has 0 amide bonds. The lowest BCUT2D eigenvalue weighted by Gasteiger charge is -2.20. The highest BCUT2D eigenvalue weighted by Gasteiger charge is 2.34. The van der Waals surface area contributed by atoms with Gasteiger partial charge in [0, 0.05) is 69.1 Å². The smallest absolute Gasteiger partial charge is 0.224 e. The molecular weight excluding hydrogens is 543 g/mol. The molecule has 0 fully saturated rings. The Morgan fingerprint density at radius 1 is 0.525 bits per heavy atom. The Labute approximate surface area is 239 Å². The predicted octanol–water partition coefficient (Wildman–Crippen LogP) is 7.55. The number of Topliss-reactive ketones (excluding diaryl/α,β-unsaturated/α-hetero) is 2. The highest BCUT2D eigenvalue weighted by atomic mass is 35.5. The number of anilines is 2. The molecule has 0 bridgehead atoms. The summed E-state index contributed by atoms with van der Waals surface area (Å²) in [5.74, 6) is -1.11. The van der Waals surface area contributed by atoms with E-state index in [1.807, 2.05) is 74.8 Å². The summed E-state index contributed by atoms with van der Waals surface area (Å²) in [6.45, 7) is 0. The highest BCUT2D eigenvalue weighted by Crippen LogP contribution is 2.35. The summed E-state index contributed by atoms with van der Waals surface area (Å²) < 4.78 is 4.23. The molecule has 8 heteroatoms. The lowest BCUT2D eigenvalue weighted by atomic mass is 10.0. The third-order valence-corrected chi connectivity index (χ3v) is 8.38. The molecule has 2 heterocycles. The minimum atomic E-state index is -0.557. The third-order valence-electron chi connectivity index (χ3n) is 7.66. The average molecular weight is 565 g/mol. The molecule has 6 aromatic rings. The van der Waals surface area contributed by atoms with Gasteiger partial charge in [-0.3, -0.25) is 9.59 Å². The summed E-state index contributed by atoms with van der Waals surface area (Å²) >= 11 is 13.0. The van der Waals surface area contributed by atoms with Crippen LogP contribution in [0.3, 0.4) is 0 Å². The van der Waals surface area contributed by atoms with E-state index in [0.717, 1.165) is 43.6 Å². The van der Waals surface area contributed by atoms with E-state index < -0.39 is 11.6 Å². The molecule has 4 aromatic carbocycles. The number of aromatic nitrogens is 2. The van der Waals surface area contributed by atoms with Gasteiger partial charge in [0.05, 0.1) is 0 Å². The van der Waals surface area contributed by atoms with Gasteiger partial charge in [0.2, 0.25) is 11.6 Å². The number of carbonyl (C=O) groups excluding carboxylic acids is 2. The van der Waals surface area contributed by atoms with Gasteiger partial charge in [0.1, 0.15) is 21.5 Å². The first-order valence-corrected chi connectivity index (χ1v) is 13.5. The number of nitrogens with zero attached hydrogens (tertiary/aromatic N) is 2. The molecule has 196 valence electrons. The minimum Gasteiger partial charge on any atom is -0.351 e. The lowest BCUT2D eigenvalue weighted by Crippen LogP contribution is -2.27. The maximum Gasteiger partial charge on any atom is 0.224 e. The molecule has 0 atom stereocenters.